The highest BCUT2D eigenvalue weighted by Gasteiger charge is 2.28. The van der Waals surface area contributed by atoms with Gasteiger partial charge in [0.05, 0.1) is 5.71 Å². The molecule has 4 rings (SSSR count). The van der Waals surface area contributed by atoms with E-state index in [4.69, 9.17) is 5.41 Å². The fraction of sp³-hybridized carbons (Fsp3) is 0.0417. The third kappa shape index (κ3) is 3.67. The summed E-state index contributed by atoms with van der Waals surface area (Å²) in [5, 5.41) is 11.5. The molecule has 2 heterocycles. The van der Waals surface area contributed by atoms with E-state index in [1.165, 1.54) is 24.3 Å². The maximum absolute atomic E-state index is 13.6. The van der Waals surface area contributed by atoms with Crippen LogP contribution in [-0.2, 0) is 0 Å². The van der Waals surface area contributed by atoms with Gasteiger partial charge in [0.1, 0.15) is 11.6 Å². The molecule has 30 heavy (non-hydrogen) atoms. The second-order valence-corrected chi connectivity index (χ2v) is 6.66. The molecule has 4 nitrogen and oxygen atoms in total. The zero-order valence-electron chi connectivity index (χ0n) is 16.2. The van der Waals surface area contributed by atoms with Crippen LogP contribution in [0.4, 0.5) is 8.78 Å². The van der Waals surface area contributed by atoms with Crippen LogP contribution < -0.4 is 5.32 Å². The molecule has 6 heteroatoms. The lowest BCUT2D eigenvalue weighted by atomic mass is 9.83. The number of allylic oxidation sites excluding steroid dienone is 1. The van der Waals surface area contributed by atoms with Crippen molar-refractivity contribution < 1.29 is 8.78 Å². The zero-order valence-corrected chi connectivity index (χ0v) is 16.2. The summed E-state index contributed by atoms with van der Waals surface area (Å²) >= 11 is 0. The first-order valence-corrected chi connectivity index (χ1v) is 9.31. The number of hydrogen-bond acceptors (Lipinski definition) is 3. The number of halogens is 2. The molecule has 0 saturated carbocycles. The van der Waals surface area contributed by atoms with Crippen LogP contribution in [0.15, 0.2) is 89.8 Å². The Morgan fingerprint density at radius 2 is 1.30 bits per heavy atom. The fourth-order valence-corrected chi connectivity index (χ4v) is 3.42. The zero-order chi connectivity index (χ0) is 21.1. The Balaban J connectivity index is 2.07. The molecular formula is C24H18F2N4. The lowest BCUT2D eigenvalue weighted by Crippen LogP contribution is -2.19. The monoisotopic (exact) mass is 400 g/mol. The lowest BCUT2D eigenvalue weighted by molar-refractivity contribution is 0.627. The molecule has 3 aromatic rings. The summed E-state index contributed by atoms with van der Waals surface area (Å²) < 4.78 is 27.2. The van der Waals surface area contributed by atoms with E-state index in [1.54, 1.807) is 49.9 Å². The van der Waals surface area contributed by atoms with Gasteiger partial charge in [-0.1, -0.05) is 12.1 Å². The number of benzene rings is 2. The van der Waals surface area contributed by atoms with Gasteiger partial charge >= 0.3 is 0 Å². The first-order valence-electron chi connectivity index (χ1n) is 9.31. The highest BCUT2D eigenvalue weighted by atomic mass is 19.1. The molecular weight excluding hydrogens is 382 g/mol. The van der Waals surface area contributed by atoms with E-state index < -0.39 is 0 Å². The van der Waals surface area contributed by atoms with Gasteiger partial charge in [0.2, 0.25) is 0 Å². The molecule has 0 spiro atoms. The number of hydrogen-bond donors (Lipinski definition) is 2. The Kier molecular flexibility index (Phi) is 5.30. The van der Waals surface area contributed by atoms with Crippen molar-refractivity contribution >= 4 is 22.7 Å². The standard InChI is InChI=1S/C24H18F2N4/c1-28-14-20-21(15-2-6-18(25)7-3-15)22(16-10-12-29-13-11-16)23(30-24(20)27)17-4-8-19(26)9-5-17/h2-14,27-28H,1H3/b20-14-,27-24?. The van der Waals surface area contributed by atoms with Gasteiger partial charge in [0.15, 0.2) is 5.84 Å². The van der Waals surface area contributed by atoms with Crippen LogP contribution in [0.3, 0.4) is 0 Å². The normalized spacial score (nSPS) is 15.4. The van der Waals surface area contributed by atoms with Gasteiger partial charge in [-0.05, 0) is 59.7 Å². The van der Waals surface area contributed by atoms with Crippen molar-refractivity contribution in [1.29, 1.82) is 5.41 Å². The predicted molar refractivity (Wildman–Crippen MR) is 115 cm³/mol. The maximum Gasteiger partial charge on any atom is 0.154 e. The summed E-state index contributed by atoms with van der Waals surface area (Å²) in [4.78, 5) is 8.65. The largest absolute Gasteiger partial charge is 0.393 e. The van der Waals surface area contributed by atoms with Crippen molar-refractivity contribution in [3.05, 3.63) is 113 Å². The summed E-state index contributed by atoms with van der Waals surface area (Å²) in [6.45, 7) is 0. The van der Waals surface area contributed by atoms with E-state index in [0.29, 0.717) is 16.8 Å². The Labute approximate surface area is 172 Å². The van der Waals surface area contributed by atoms with E-state index >= 15 is 0 Å². The molecule has 1 aliphatic heterocycles. The number of nitrogens with zero attached hydrogens (tertiary/aromatic N) is 2. The highest BCUT2D eigenvalue weighted by molar-refractivity contribution is 6.45. The van der Waals surface area contributed by atoms with Crippen molar-refractivity contribution in [2.24, 2.45) is 4.99 Å². The molecule has 2 N–H and O–H groups in total. The molecule has 0 aliphatic carbocycles. The number of amidine groups is 1. The molecule has 2 aromatic carbocycles. The summed E-state index contributed by atoms with van der Waals surface area (Å²) in [7, 11) is 1.74. The topological polar surface area (TPSA) is 61.1 Å². The minimum Gasteiger partial charge on any atom is -0.393 e. The van der Waals surface area contributed by atoms with E-state index in [2.05, 4.69) is 15.3 Å². The van der Waals surface area contributed by atoms with Crippen LogP contribution in [0.25, 0.3) is 11.1 Å². The Morgan fingerprint density at radius 1 is 0.767 bits per heavy atom. The Hall–Kier alpha value is -3.93. The van der Waals surface area contributed by atoms with Crippen molar-refractivity contribution in [2.75, 3.05) is 7.05 Å². The molecule has 0 amide bonds. The van der Waals surface area contributed by atoms with Gasteiger partial charge < -0.3 is 5.32 Å². The van der Waals surface area contributed by atoms with Crippen LogP contribution in [0.2, 0.25) is 0 Å². The van der Waals surface area contributed by atoms with E-state index in [0.717, 1.165) is 22.3 Å². The summed E-state index contributed by atoms with van der Waals surface area (Å²) in [6, 6.07) is 15.8. The molecule has 0 unspecified atom stereocenters. The van der Waals surface area contributed by atoms with Crippen molar-refractivity contribution in [3.8, 4) is 0 Å². The second kappa shape index (κ2) is 8.21. The Morgan fingerprint density at radius 3 is 1.87 bits per heavy atom. The van der Waals surface area contributed by atoms with Gasteiger partial charge in [0.25, 0.3) is 0 Å². The molecule has 1 aromatic heterocycles. The van der Waals surface area contributed by atoms with Crippen molar-refractivity contribution in [2.45, 2.75) is 0 Å². The van der Waals surface area contributed by atoms with Gasteiger partial charge in [0, 0.05) is 47.9 Å². The number of aromatic nitrogens is 1. The average Bonchev–Trinajstić information content (AvgIpc) is 2.77. The quantitative estimate of drug-likeness (QED) is 0.657. The van der Waals surface area contributed by atoms with E-state index in [9.17, 15) is 8.78 Å². The van der Waals surface area contributed by atoms with Crippen LogP contribution in [0.1, 0.15) is 16.7 Å². The third-order valence-corrected chi connectivity index (χ3v) is 4.74. The van der Waals surface area contributed by atoms with Crippen molar-refractivity contribution in [3.63, 3.8) is 0 Å². The lowest BCUT2D eigenvalue weighted by Gasteiger charge is -2.25. The number of rotatable bonds is 4. The number of pyridine rings is 1. The molecule has 0 radical (unpaired) electrons. The summed E-state index contributed by atoms with van der Waals surface area (Å²) in [5.74, 6) is -0.641. The number of aliphatic imine (C=N–C) groups is 1. The van der Waals surface area contributed by atoms with E-state index in [1.807, 2.05) is 12.1 Å². The van der Waals surface area contributed by atoms with Gasteiger partial charge in [-0.25, -0.2) is 13.8 Å². The fourth-order valence-electron chi connectivity index (χ4n) is 3.42. The van der Waals surface area contributed by atoms with Gasteiger partial charge in [-0.2, -0.15) is 0 Å². The van der Waals surface area contributed by atoms with Gasteiger partial charge in [-0.3, -0.25) is 10.4 Å². The molecule has 1 aliphatic rings. The third-order valence-electron chi connectivity index (χ3n) is 4.74. The summed E-state index contributed by atoms with van der Waals surface area (Å²) in [5.41, 5.74) is 4.85. The van der Waals surface area contributed by atoms with E-state index in [-0.39, 0.29) is 17.5 Å². The predicted octanol–water partition coefficient (Wildman–Crippen LogP) is 4.85. The first kappa shape index (κ1) is 19.4. The van der Waals surface area contributed by atoms with Crippen molar-refractivity contribution in [1.82, 2.24) is 10.3 Å². The van der Waals surface area contributed by atoms with Gasteiger partial charge in [-0.15, -0.1) is 0 Å². The Bertz CT molecular complexity index is 1180. The molecule has 0 saturated heterocycles. The van der Waals surface area contributed by atoms with Crippen LogP contribution in [-0.4, -0.2) is 23.6 Å². The van der Waals surface area contributed by atoms with Crippen LogP contribution >= 0.6 is 0 Å². The molecule has 0 atom stereocenters. The van der Waals surface area contributed by atoms with Crippen LogP contribution in [0, 0.1) is 17.0 Å². The number of nitrogens with one attached hydrogen (secondary N) is 2. The maximum atomic E-state index is 13.6. The minimum atomic E-state index is -0.353. The first-order chi connectivity index (χ1) is 14.6. The SMILES string of the molecule is CN/C=C1\C(=N)N=C(c2ccc(F)cc2)C(c2ccncc2)=C1c1ccc(F)cc1. The van der Waals surface area contributed by atoms with Crippen LogP contribution in [0.5, 0.6) is 0 Å². The minimum absolute atomic E-state index is 0.0563. The highest BCUT2D eigenvalue weighted by Crippen LogP contribution is 2.38. The average molecular weight is 400 g/mol. The smallest absolute Gasteiger partial charge is 0.154 e. The molecule has 0 bridgehead atoms. The summed E-state index contributed by atoms with van der Waals surface area (Å²) in [6.07, 6.45) is 5.05. The second-order valence-electron chi connectivity index (χ2n) is 6.66. The molecule has 148 valence electrons. The molecule has 0 fully saturated rings. The number of dihydropyridines is 1.